The van der Waals surface area contributed by atoms with Gasteiger partial charge in [-0.05, 0) is 44.2 Å². The van der Waals surface area contributed by atoms with Crippen molar-refractivity contribution in [3.05, 3.63) is 24.0 Å². The van der Waals surface area contributed by atoms with Gasteiger partial charge >= 0.3 is 0 Å². The van der Waals surface area contributed by atoms with Crippen LogP contribution in [0.25, 0.3) is 0 Å². The molecule has 0 bridgehead atoms. The second-order valence-electron chi connectivity index (χ2n) is 4.94. The van der Waals surface area contributed by atoms with Gasteiger partial charge in [0, 0.05) is 30.3 Å². The van der Waals surface area contributed by atoms with Gasteiger partial charge < -0.3 is 10.3 Å². The Morgan fingerprint density at radius 2 is 2.22 bits per heavy atom. The van der Waals surface area contributed by atoms with E-state index in [-0.39, 0.29) is 17.9 Å². The summed E-state index contributed by atoms with van der Waals surface area (Å²) in [4.78, 5) is 14.9. The smallest absolute Gasteiger partial charge is 0.220 e. The van der Waals surface area contributed by atoms with Gasteiger partial charge in [0.25, 0.3) is 0 Å². The van der Waals surface area contributed by atoms with Gasteiger partial charge in [0.2, 0.25) is 5.91 Å². The molecule has 4 nitrogen and oxygen atoms in total. The summed E-state index contributed by atoms with van der Waals surface area (Å²) >= 11 is 0. The van der Waals surface area contributed by atoms with Crippen molar-refractivity contribution in [1.29, 1.82) is 5.26 Å². The molecule has 0 radical (unpaired) electrons. The monoisotopic (exact) mass is 245 g/mol. The lowest BCUT2D eigenvalue weighted by molar-refractivity contribution is -0.122. The van der Waals surface area contributed by atoms with E-state index in [1.807, 2.05) is 18.3 Å². The molecule has 1 heterocycles. The molecule has 0 saturated heterocycles. The predicted molar refractivity (Wildman–Crippen MR) is 68.6 cm³/mol. The highest BCUT2D eigenvalue weighted by molar-refractivity contribution is 5.76. The van der Waals surface area contributed by atoms with E-state index in [4.69, 9.17) is 5.26 Å². The van der Waals surface area contributed by atoms with Gasteiger partial charge in [-0.15, -0.1) is 0 Å². The summed E-state index contributed by atoms with van der Waals surface area (Å²) in [5.74, 6) is 0.307. The van der Waals surface area contributed by atoms with E-state index >= 15 is 0 Å². The number of aryl methyl sites for hydroxylation is 1. The van der Waals surface area contributed by atoms with Gasteiger partial charge in [-0.25, -0.2) is 0 Å². The lowest BCUT2D eigenvalue weighted by Crippen LogP contribution is -2.37. The van der Waals surface area contributed by atoms with E-state index < -0.39 is 0 Å². The summed E-state index contributed by atoms with van der Waals surface area (Å²) < 4.78 is 0. The first-order chi connectivity index (χ1) is 8.78. The van der Waals surface area contributed by atoms with E-state index in [0.29, 0.717) is 6.42 Å². The van der Waals surface area contributed by atoms with Crippen LogP contribution in [-0.4, -0.2) is 16.9 Å². The van der Waals surface area contributed by atoms with Gasteiger partial charge in [0.15, 0.2) is 0 Å². The topological polar surface area (TPSA) is 68.7 Å². The number of H-pyrrole nitrogens is 1. The molecule has 4 heteroatoms. The standard InChI is InChI=1S/C14H19N3O/c15-10-11-3-5-13(6-4-11)17-14(18)8-7-12-2-1-9-16-12/h1-2,9,11,13,16H,3-8H2,(H,17,18). The van der Waals surface area contributed by atoms with Gasteiger partial charge in [-0.2, -0.15) is 5.26 Å². The predicted octanol–water partition coefficient (Wildman–Crippen LogP) is 2.15. The molecule has 18 heavy (non-hydrogen) atoms. The van der Waals surface area contributed by atoms with Crippen LogP contribution in [0.3, 0.4) is 0 Å². The molecule has 1 aliphatic rings. The van der Waals surface area contributed by atoms with Crippen molar-refractivity contribution in [1.82, 2.24) is 10.3 Å². The van der Waals surface area contributed by atoms with Gasteiger partial charge in [-0.3, -0.25) is 4.79 Å². The minimum Gasteiger partial charge on any atom is -0.365 e. The van der Waals surface area contributed by atoms with E-state index in [2.05, 4.69) is 16.4 Å². The van der Waals surface area contributed by atoms with E-state index in [1.54, 1.807) is 0 Å². The lowest BCUT2D eigenvalue weighted by atomic mass is 9.87. The van der Waals surface area contributed by atoms with Crippen molar-refractivity contribution in [3.8, 4) is 6.07 Å². The Balaban J connectivity index is 1.67. The lowest BCUT2D eigenvalue weighted by Gasteiger charge is -2.25. The molecule has 1 aromatic heterocycles. The first-order valence-electron chi connectivity index (χ1n) is 6.59. The van der Waals surface area contributed by atoms with Crippen molar-refractivity contribution in [2.45, 2.75) is 44.6 Å². The van der Waals surface area contributed by atoms with Gasteiger partial charge in [0.05, 0.1) is 6.07 Å². The second kappa shape index (κ2) is 6.25. The number of carbonyl (C=O) groups excluding carboxylic acids is 1. The third-order valence-corrected chi connectivity index (χ3v) is 3.56. The molecule has 96 valence electrons. The molecular formula is C14H19N3O. The summed E-state index contributed by atoms with van der Waals surface area (Å²) in [5, 5.41) is 11.9. The maximum absolute atomic E-state index is 11.8. The molecular weight excluding hydrogens is 226 g/mol. The van der Waals surface area contributed by atoms with Crippen LogP contribution in [-0.2, 0) is 11.2 Å². The Labute approximate surface area is 107 Å². The summed E-state index contributed by atoms with van der Waals surface area (Å²) in [7, 11) is 0. The van der Waals surface area contributed by atoms with E-state index in [0.717, 1.165) is 37.8 Å². The Bertz CT molecular complexity index is 411. The zero-order valence-electron chi connectivity index (χ0n) is 10.5. The molecule has 1 aromatic rings. The van der Waals surface area contributed by atoms with Crippen molar-refractivity contribution in [2.75, 3.05) is 0 Å². The number of nitriles is 1. The third kappa shape index (κ3) is 3.63. The fraction of sp³-hybridized carbons (Fsp3) is 0.571. The highest BCUT2D eigenvalue weighted by Crippen LogP contribution is 2.23. The number of hydrogen-bond acceptors (Lipinski definition) is 2. The van der Waals surface area contributed by atoms with Crippen LogP contribution < -0.4 is 5.32 Å². The van der Waals surface area contributed by atoms with E-state index in [1.165, 1.54) is 0 Å². The van der Waals surface area contributed by atoms with Crippen LogP contribution in [0.5, 0.6) is 0 Å². The average Bonchev–Trinajstić information content (AvgIpc) is 2.90. The van der Waals surface area contributed by atoms with Crippen LogP contribution in [0.15, 0.2) is 18.3 Å². The quantitative estimate of drug-likeness (QED) is 0.853. The van der Waals surface area contributed by atoms with Crippen molar-refractivity contribution >= 4 is 5.91 Å². The molecule has 0 unspecified atom stereocenters. The van der Waals surface area contributed by atoms with Crippen LogP contribution in [0.2, 0.25) is 0 Å². The SMILES string of the molecule is N#CC1CCC(NC(=O)CCc2ccc[nH]2)CC1. The number of rotatable bonds is 4. The molecule has 0 spiro atoms. The van der Waals surface area contributed by atoms with Crippen LogP contribution in [0.4, 0.5) is 0 Å². The molecule has 1 amide bonds. The second-order valence-corrected chi connectivity index (χ2v) is 4.94. The largest absolute Gasteiger partial charge is 0.365 e. The molecule has 2 rings (SSSR count). The molecule has 0 aromatic carbocycles. The summed E-state index contributed by atoms with van der Waals surface area (Å²) in [6.07, 6.45) is 6.86. The highest BCUT2D eigenvalue weighted by Gasteiger charge is 2.21. The van der Waals surface area contributed by atoms with Crippen LogP contribution in [0.1, 0.15) is 37.8 Å². The molecule has 1 fully saturated rings. The van der Waals surface area contributed by atoms with Crippen molar-refractivity contribution in [2.24, 2.45) is 5.92 Å². The number of nitrogens with one attached hydrogen (secondary N) is 2. The summed E-state index contributed by atoms with van der Waals surface area (Å²) in [5.41, 5.74) is 1.10. The minimum atomic E-state index is 0.116. The fourth-order valence-electron chi connectivity index (χ4n) is 2.44. The third-order valence-electron chi connectivity index (χ3n) is 3.56. The van der Waals surface area contributed by atoms with E-state index in [9.17, 15) is 4.79 Å². The number of carbonyl (C=O) groups is 1. The normalized spacial score (nSPS) is 23.3. The molecule has 2 N–H and O–H groups in total. The summed E-state index contributed by atoms with van der Waals surface area (Å²) in [6, 6.07) is 6.51. The number of aromatic nitrogens is 1. The highest BCUT2D eigenvalue weighted by atomic mass is 16.1. The number of aromatic amines is 1. The Kier molecular flexibility index (Phi) is 4.40. The average molecular weight is 245 g/mol. The number of hydrogen-bond donors (Lipinski definition) is 2. The Morgan fingerprint density at radius 3 is 2.83 bits per heavy atom. The Morgan fingerprint density at radius 1 is 1.44 bits per heavy atom. The fourth-order valence-corrected chi connectivity index (χ4v) is 2.44. The zero-order chi connectivity index (χ0) is 12.8. The van der Waals surface area contributed by atoms with Crippen LogP contribution in [0, 0.1) is 17.2 Å². The van der Waals surface area contributed by atoms with Crippen molar-refractivity contribution < 1.29 is 4.79 Å². The Hall–Kier alpha value is -1.76. The number of nitrogens with zero attached hydrogens (tertiary/aromatic N) is 1. The maximum Gasteiger partial charge on any atom is 0.220 e. The number of amides is 1. The van der Waals surface area contributed by atoms with Crippen LogP contribution >= 0.6 is 0 Å². The first-order valence-corrected chi connectivity index (χ1v) is 6.59. The maximum atomic E-state index is 11.8. The summed E-state index contributed by atoms with van der Waals surface area (Å²) in [6.45, 7) is 0. The first kappa shape index (κ1) is 12.7. The molecule has 0 aliphatic heterocycles. The van der Waals surface area contributed by atoms with Crippen molar-refractivity contribution in [3.63, 3.8) is 0 Å². The minimum absolute atomic E-state index is 0.116. The molecule has 0 atom stereocenters. The molecule has 1 aliphatic carbocycles. The zero-order valence-corrected chi connectivity index (χ0v) is 10.5. The molecule has 1 saturated carbocycles. The van der Waals surface area contributed by atoms with Gasteiger partial charge in [-0.1, -0.05) is 0 Å². The van der Waals surface area contributed by atoms with Gasteiger partial charge in [0.1, 0.15) is 0 Å².